The van der Waals surface area contributed by atoms with Crippen molar-refractivity contribution >= 4 is 28.8 Å². The lowest BCUT2D eigenvalue weighted by molar-refractivity contribution is 0.102. The number of rotatable bonds is 5. The van der Waals surface area contributed by atoms with Crippen molar-refractivity contribution in [3.63, 3.8) is 0 Å². The van der Waals surface area contributed by atoms with E-state index in [1.807, 2.05) is 24.0 Å². The summed E-state index contributed by atoms with van der Waals surface area (Å²) < 4.78 is 19.5. The molecule has 0 aliphatic carbocycles. The number of aromatic nitrogens is 2. The first-order chi connectivity index (χ1) is 14.6. The van der Waals surface area contributed by atoms with Gasteiger partial charge in [0.2, 0.25) is 0 Å². The van der Waals surface area contributed by atoms with Gasteiger partial charge in [-0.3, -0.25) is 4.79 Å². The number of benzene rings is 2. The lowest BCUT2D eigenvalue weighted by Gasteiger charge is -2.29. The third-order valence-corrected chi connectivity index (χ3v) is 4.86. The molecule has 1 aliphatic rings. The monoisotopic (exact) mass is 407 g/mol. The molecule has 1 saturated heterocycles. The van der Waals surface area contributed by atoms with E-state index in [0.29, 0.717) is 43.5 Å². The number of anilines is 4. The predicted molar refractivity (Wildman–Crippen MR) is 114 cm³/mol. The summed E-state index contributed by atoms with van der Waals surface area (Å²) in [6.07, 6.45) is 3.10. The van der Waals surface area contributed by atoms with E-state index in [1.54, 1.807) is 24.4 Å². The Balaban J connectivity index is 1.52. The van der Waals surface area contributed by atoms with E-state index in [9.17, 15) is 9.18 Å². The molecule has 1 aromatic heterocycles. The van der Waals surface area contributed by atoms with E-state index in [1.165, 1.54) is 18.5 Å². The number of hydrogen-bond acceptors (Lipinski definition) is 6. The molecule has 30 heavy (non-hydrogen) atoms. The highest BCUT2D eigenvalue weighted by atomic mass is 19.1. The van der Waals surface area contributed by atoms with Gasteiger partial charge in [-0.2, -0.15) is 0 Å². The Hall–Kier alpha value is -3.52. The number of nitrogens with zero attached hydrogens (tertiary/aromatic N) is 3. The molecule has 154 valence electrons. The van der Waals surface area contributed by atoms with Gasteiger partial charge in [-0.15, -0.1) is 0 Å². The lowest BCUT2D eigenvalue weighted by Crippen LogP contribution is -2.36. The molecule has 1 amide bonds. The van der Waals surface area contributed by atoms with Crippen LogP contribution in [0.1, 0.15) is 15.9 Å². The summed E-state index contributed by atoms with van der Waals surface area (Å²) >= 11 is 0. The molecule has 7 nitrogen and oxygen atoms in total. The number of nitrogens with one attached hydrogen (secondary N) is 2. The summed E-state index contributed by atoms with van der Waals surface area (Å²) in [5, 5.41) is 6.05. The second-order valence-electron chi connectivity index (χ2n) is 7.00. The molecule has 0 saturated carbocycles. The van der Waals surface area contributed by atoms with Gasteiger partial charge in [0, 0.05) is 41.9 Å². The van der Waals surface area contributed by atoms with E-state index in [-0.39, 0.29) is 11.5 Å². The molecule has 4 rings (SSSR count). The van der Waals surface area contributed by atoms with Crippen molar-refractivity contribution in [1.29, 1.82) is 0 Å². The SMILES string of the molecule is Cc1ccc(NC(=O)c2cc(F)cc(N3CCOCC3)c2)cc1Nc1ccncn1. The van der Waals surface area contributed by atoms with Crippen LogP contribution < -0.4 is 15.5 Å². The third kappa shape index (κ3) is 4.72. The third-order valence-electron chi connectivity index (χ3n) is 4.86. The van der Waals surface area contributed by atoms with E-state index in [2.05, 4.69) is 20.6 Å². The Labute approximate surface area is 173 Å². The zero-order valence-corrected chi connectivity index (χ0v) is 16.6. The lowest BCUT2D eigenvalue weighted by atomic mass is 10.1. The maximum absolute atomic E-state index is 14.2. The summed E-state index contributed by atoms with van der Waals surface area (Å²) in [6.45, 7) is 4.46. The smallest absolute Gasteiger partial charge is 0.255 e. The average Bonchev–Trinajstić information content (AvgIpc) is 2.77. The van der Waals surface area contributed by atoms with E-state index >= 15 is 0 Å². The molecule has 2 aromatic carbocycles. The van der Waals surface area contributed by atoms with Crippen LogP contribution in [0.4, 0.5) is 27.3 Å². The highest BCUT2D eigenvalue weighted by Crippen LogP contribution is 2.25. The van der Waals surface area contributed by atoms with Crippen LogP contribution in [0.5, 0.6) is 0 Å². The Bertz CT molecular complexity index is 1040. The summed E-state index contributed by atoms with van der Waals surface area (Å²) in [5.74, 6) is -0.170. The van der Waals surface area contributed by atoms with Crippen LogP contribution in [-0.4, -0.2) is 42.2 Å². The Kier molecular flexibility index (Phi) is 5.85. The first-order valence-corrected chi connectivity index (χ1v) is 9.67. The van der Waals surface area contributed by atoms with Gasteiger partial charge >= 0.3 is 0 Å². The molecule has 1 fully saturated rings. The molecular formula is C22H22FN5O2. The number of ether oxygens (including phenoxy) is 1. The number of hydrogen-bond donors (Lipinski definition) is 2. The van der Waals surface area contributed by atoms with E-state index < -0.39 is 5.82 Å². The number of carbonyl (C=O) groups excluding carboxylic acids is 1. The first kappa shape index (κ1) is 19.8. The number of aryl methyl sites for hydroxylation is 1. The second-order valence-corrected chi connectivity index (χ2v) is 7.00. The number of amides is 1. The van der Waals surface area contributed by atoms with Gasteiger partial charge in [0.15, 0.2) is 0 Å². The van der Waals surface area contributed by atoms with Gasteiger partial charge in [0.1, 0.15) is 18.0 Å². The molecule has 0 atom stereocenters. The van der Waals surface area contributed by atoms with E-state index in [4.69, 9.17) is 4.74 Å². The van der Waals surface area contributed by atoms with Crippen LogP contribution in [0, 0.1) is 12.7 Å². The van der Waals surface area contributed by atoms with Crippen LogP contribution in [0.25, 0.3) is 0 Å². The molecule has 1 aliphatic heterocycles. The minimum Gasteiger partial charge on any atom is -0.378 e. The van der Waals surface area contributed by atoms with Crippen molar-refractivity contribution in [3.05, 3.63) is 71.9 Å². The van der Waals surface area contributed by atoms with Gasteiger partial charge in [-0.1, -0.05) is 6.07 Å². The van der Waals surface area contributed by atoms with Crippen molar-refractivity contribution in [1.82, 2.24) is 9.97 Å². The summed E-state index contributed by atoms with van der Waals surface area (Å²) in [7, 11) is 0. The standard InChI is InChI=1S/C22H22FN5O2/c1-15-2-3-18(13-20(15)27-21-4-5-24-14-25-21)26-22(29)16-10-17(23)12-19(11-16)28-6-8-30-9-7-28/h2-5,10-14H,6-9H2,1H3,(H,26,29)(H,24,25,27). The molecule has 0 unspecified atom stereocenters. The fourth-order valence-electron chi connectivity index (χ4n) is 3.25. The quantitative estimate of drug-likeness (QED) is 0.671. The predicted octanol–water partition coefficient (Wildman–Crippen LogP) is 3.76. The highest BCUT2D eigenvalue weighted by Gasteiger charge is 2.16. The van der Waals surface area contributed by atoms with Crippen LogP contribution >= 0.6 is 0 Å². The zero-order valence-electron chi connectivity index (χ0n) is 16.6. The number of carbonyl (C=O) groups is 1. The fourth-order valence-corrected chi connectivity index (χ4v) is 3.25. The van der Waals surface area contributed by atoms with Gasteiger partial charge in [0.05, 0.1) is 13.2 Å². The second kappa shape index (κ2) is 8.87. The van der Waals surface area contributed by atoms with Crippen LogP contribution in [0.2, 0.25) is 0 Å². The van der Waals surface area contributed by atoms with Gasteiger partial charge in [0.25, 0.3) is 5.91 Å². The average molecular weight is 407 g/mol. The van der Waals surface area contributed by atoms with Crippen molar-refractivity contribution in [2.75, 3.05) is 41.8 Å². The minimum absolute atomic E-state index is 0.266. The normalized spacial score (nSPS) is 13.7. The minimum atomic E-state index is -0.445. The van der Waals surface area contributed by atoms with Gasteiger partial charge in [-0.25, -0.2) is 14.4 Å². The Morgan fingerprint density at radius 3 is 2.73 bits per heavy atom. The summed E-state index contributed by atoms with van der Waals surface area (Å²) in [4.78, 5) is 22.9. The van der Waals surface area contributed by atoms with Gasteiger partial charge in [-0.05, 0) is 48.9 Å². The van der Waals surface area contributed by atoms with Crippen LogP contribution in [0.3, 0.4) is 0 Å². The Morgan fingerprint density at radius 2 is 1.97 bits per heavy atom. The maximum Gasteiger partial charge on any atom is 0.255 e. The molecule has 3 aromatic rings. The first-order valence-electron chi connectivity index (χ1n) is 9.67. The maximum atomic E-state index is 14.2. The molecule has 2 heterocycles. The van der Waals surface area contributed by atoms with Crippen molar-refractivity contribution in [2.24, 2.45) is 0 Å². The topological polar surface area (TPSA) is 79.4 Å². The fraction of sp³-hybridized carbons (Fsp3) is 0.227. The van der Waals surface area contributed by atoms with Crippen molar-refractivity contribution in [2.45, 2.75) is 6.92 Å². The number of halogens is 1. The molecule has 0 bridgehead atoms. The summed E-state index contributed by atoms with van der Waals surface area (Å²) in [6, 6.07) is 11.7. The molecule has 8 heteroatoms. The molecule has 0 radical (unpaired) electrons. The Morgan fingerprint density at radius 1 is 1.13 bits per heavy atom. The largest absolute Gasteiger partial charge is 0.378 e. The van der Waals surface area contributed by atoms with E-state index in [0.717, 1.165) is 11.3 Å². The molecule has 0 spiro atoms. The highest BCUT2D eigenvalue weighted by molar-refractivity contribution is 6.05. The summed E-state index contributed by atoms with van der Waals surface area (Å²) in [5.41, 5.74) is 3.34. The van der Waals surface area contributed by atoms with Crippen molar-refractivity contribution in [3.8, 4) is 0 Å². The van der Waals surface area contributed by atoms with Crippen molar-refractivity contribution < 1.29 is 13.9 Å². The molecule has 2 N–H and O–H groups in total. The number of morpholine rings is 1. The molecular weight excluding hydrogens is 385 g/mol. The van der Waals surface area contributed by atoms with Gasteiger partial charge < -0.3 is 20.3 Å². The zero-order chi connectivity index (χ0) is 20.9. The van der Waals surface area contributed by atoms with Crippen LogP contribution in [-0.2, 0) is 4.74 Å². The van der Waals surface area contributed by atoms with Crippen LogP contribution in [0.15, 0.2) is 55.0 Å².